The molecule has 0 fully saturated rings. The van der Waals surface area contributed by atoms with Crippen LogP contribution >= 0.6 is 0 Å². The number of nitrogens with two attached hydrogens (primary N) is 1. The van der Waals surface area contributed by atoms with Gasteiger partial charge in [-0.25, -0.2) is 0 Å². The second-order valence-corrected chi connectivity index (χ2v) is 5.07. The molecule has 0 atom stereocenters. The summed E-state index contributed by atoms with van der Waals surface area (Å²) in [5, 5.41) is 11.7. The molecular weight excluding hydrogens is 266 g/mol. The molecule has 0 bridgehead atoms. The Balaban J connectivity index is 2.30. The van der Waals surface area contributed by atoms with E-state index in [0.717, 1.165) is 43.7 Å². The lowest BCUT2D eigenvalue weighted by atomic mass is 10.2. The number of nitrogens with zero attached hydrogens (tertiary/aromatic N) is 1. The van der Waals surface area contributed by atoms with Crippen molar-refractivity contribution < 1.29 is 9.90 Å². The Kier molecular flexibility index (Phi) is 8.66. The van der Waals surface area contributed by atoms with Crippen molar-refractivity contribution in [2.75, 3.05) is 31.6 Å². The van der Waals surface area contributed by atoms with Gasteiger partial charge in [-0.2, -0.15) is 0 Å². The number of anilines is 1. The zero-order valence-corrected chi connectivity index (χ0v) is 12.8. The van der Waals surface area contributed by atoms with Crippen LogP contribution in [0.5, 0.6) is 0 Å². The van der Waals surface area contributed by atoms with Gasteiger partial charge in [0, 0.05) is 31.8 Å². The van der Waals surface area contributed by atoms with E-state index in [9.17, 15) is 4.79 Å². The van der Waals surface area contributed by atoms with Crippen LogP contribution in [0.1, 0.15) is 31.7 Å². The maximum absolute atomic E-state index is 11.9. The van der Waals surface area contributed by atoms with E-state index >= 15 is 0 Å². The molecule has 0 aliphatic carbocycles. The van der Waals surface area contributed by atoms with Gasteiger partial charge in [-0.3, -0.25) is 4.79 Å². The van der Waals surface area contributed by atoms with E-state index in [2.05, 4.69) is 17.1 Å². The summed E-state index contributed by atoms with van der Waals surface area (Å²) in [4.78, 5) is 14.1. The van der Waals surface area contributed by atoms with Crippen LogP contribution in [0, 0.1) is 0 Å². The minimum Gasteiger partial charge on any atom is -0.396 e. The molecule has 0 spiro atoms. The van der Waals surface area contributed by atoms with Gasteiger partial charge >= 0.3 is 0 Å². The first-order chi connectivity index (χ1) is 10.2. The molecule has 0 radical (unpaired) electrons. The van der Waals surface area contributed by atoms with E-state index < -0.39 is 0 Å². The average molecular weight is 293 g/mol. The summed E-state index contributed by atoms with van der Waals surface area (Å²) >= 11 is 0. The highest BCUT2D eigenvalue weighted by atomic mass is 16.3. The van der Waals surface area contributed by atoms with Gasteiger partial charge in [-0.05, 0) is 43.6 Å². The number of carbonyl (C=O) groups is 1. The standard InChI is InChI=1S/C16H27N3O2/c1-2-19(10-5-11-20)9-4-8-16(21)18-15-7-3-6-14(12-15)13-17/h3,6-7,12,20H,2,4-5,8-11,13,17H2,1H3,(H,18,21). The quantitative estimate of drug-likeness (QED) is 0.612. The van der Waals surface area contributed by atoms with Gasteiger partial charge in [-0.15, -0.1) is 0 Å². The molecule has 0 aliphatic rings. The smallest absolute Gasteiger partial charge is 0.224 e. The van der Waals surface area contributed by atoms with Gasteiger partial charge in [0.15, 0.2) is 0 Å². The molecule has 0 saturated heterocycles. The topological polar surface area (TPSA) is 78.6 Å². The fourth-order valence-corrected chi connectivity index (χ4v) is 2.19. The summed E-state index contributed by atoms with van der Waals surface area (Å²) < 4.78 is 0. The number of benzene rings is 1. The maximum Gasteiger partial charge on any atom is 0.224 e. The maximum atomic E-state index is 11.9. The molecule has 0 heterocycles. The minimum absolute atomic E-state index is 0.0300. The zero-order valence-electron chi connectivity index (χ0n) is 12.8. The zero-order chi connectivity index (χ0) is 15.5. The van der Waals surface area contributed by atoms with E-state index in [4.69, 9.17) is 10.8 Å². The Morgan fingerprint density at radius 2 is 2.10 bits per heavy atom. The van der Waals surface area contributed by atoms with Gasteiger partial charge in [0.25, 0.3) is 0 Å². The highest BCUT2D eigenvalue weighted by Crippen LogP contribution is 2.10. The van der Waals surface area contributed by atoms with E-state index in [1.54, 1.807) is 0 Å². The number of carbonyl (C=O) groups excluding carboxylic acids is 1. The summed E-state index contributed by atoms with van der Waals surface area (Å²) in [6.45, 7) is 5.49. The van der Waals surface area contributed by atoms with E-state index in [-0.39, 0.29) is 12.5 Å². The lowest BCUT2D eigenvalue weighted by Gasteiger charge is -2.19. The van der Waals surface area contributed by atoms with Crippen molar-refractivity contribution in [3.8, 4) is 0 Å². The van der Waals surface area contributed by atoms with E-state index in [0.29, 0.717) is 13.0 Å². The van der Waals surface area contributed by atoms with E-state index in [1.807, 2.05) is 24.3 Å². The van der Waals surface area contributed by atoms with Crippen LogP contribution in [-0.4, -0.2) is 42.2 Å². The molecule has 0 unspecified atom stereocenters. The molecule has 0 aliphatic heterocycles. The van der Waals surface area contributed by atoms with Crippen LogP contribution in [-0.2, 0) is 11.3 Å². The number of rotatable bonds is 10. The minimum atomic E-state index is 0.0300. The number of aliphatic hydroxyl groups excluding tert-OH is 1. The van der Waals surface area contributed by atoms with Crippen molar-refractivity contribution in [3.63, 3.8) is 0 Å². The van der Waals surface area contributed by atoms with Crippen molar-refractivity contribution in [1.82, 2.24) is 4.90 Å². The summed E-state index contributed by atoms with van der Waals surface area (Å²) in [6, 6.07) is 7.61. The third-order valence-corrected chi connectivity index (χ3v) is 3.40. The molecule has 0 aromatic heterocycles. The molecule has 21 heavy (non-hydrogen) atoms. The summed E-state index contributed by atoms with van der Waals surface area (Å²) in [5.74, 6) is 0.0300. The number of amides is 1. The van der Waals surface area contributed by atoms with Crippen molar-refractivity contribution >= 4 is 11.6 Å². The van der Waals surface area contributed by atoms with Gasteiger partial charge in [0.2, 0.25) is 5.91 Å². The van der Waals surface area contributed by atoms with Gasteiger partial charge in [0.05, 0.1) is 0 Å². The lowest BCUT2D eigenvalue weighted by molar-refractivity contribution is -0.116. The summed E-state index contributed by atoms with van der Waals surface area (Å²) in [5.41, 5.74) is 7.39. The lowest BCUT2D eigenvalue weighted by Crippen LogP contribution is -2.27. The molecule has 1 amide bonds. The Hall–Kier alpha value is -1.43. The van der Waals surface area contributed by atoms with E-state index in [1.165, 1.54) is 0 Å². The van der Waals surface area contributed by atoms with Crippen LogP contribution in [0.2, 0.25) is 0 Å². The molecule has 0 saturated carbocycles. The van der Waals surface area contributed by atoms with Crippen molar-refractivity contribution in [1.29, 1.82) is 0 Å². The molecule has 5 nitrogen and oxygen atoms in total. The van der Waals surface area contributed by atoms with Crippen LogP contribution < -0.4 is 11.1 Å². The van der Waals surface area contributed by atoms with Crippen molar-refractivity contribution in [3.05, 3.63) is 29.8 Å². The second-order valence-electron chi connectivity index (χ2n) is 5.07. The Bertz CT molecular complexity index is 424. The fraction of sp³-hybridized carbons (Fsp3) is 0.562. The average Bonchev–Trinajstić information content (AvgIpc) is 2.50. The van der Waals surface area contributed by atoms with Crippen LogP contribution in [0.15, 0.2) is 24.3 Å². The third kappa shape index (κ3) is 7.22. The molecule has 1 aromatic carbocycles. The van der Waals surface area contributed by atoms with Crippen LogP contribution in [0.4, 0.5) is 5.69 Å². The van der Waals surface area contributed by atoms with Crippen molar-refractivity contribution in [2.45, 2.75) is 32.7 Å². The molecule has 1 aromatic rings. The highest BCUT2D eigenvalue weighted by molar-refractivity contribution is 5.90. The number of hydrogen-bond acceptors (Lipinski definition) is 4. The van der Waals surface area contributed by atoms with Gasteiger partial charge in [0.1, 0.15) is 0 Å². The number of aliphatic hydroxyl groups is 1. The molecule has 1 rings (SSSR count). The first-order valence-corrected chi connectivity index (χ1v) is 7.61. The Morgan fingerprint density at radius 1 is 1.33 bits per heavy atom. The third-order valence-electron chi connectivity index (χ3n) is 3.40. The predicted molar refractivity (Wildman–Crippen MR) is 86.0 cm³/mol. The first kappa shape index (κ1) is 17.6. The SMILES string of the molecule is CCN(CCCO)CCCC(=O)Nc1cccc(CN)c1. The molecule has 4 N–H and O–H groups in total. The van der Waals surface area contributed by atoms with Gasteiger partial charge in [-0.1, -0.05) is 19.1 Å². The van der Waals surface area contributed by atoms with Crippen LogP contribution in [0.25, 0.3) is 0 Å². The summed E-state index contributed by atoms with van der Waals surface area (Å²) in [6.07, 6.45) is 2.11. The summed E-state index contributed by atoms with van der Waals surface area (Å²) in [7, 11) is 0. The van der Waals surface area contributed by atoms with Crippen molar-refractivity contribution in [2.24, 2.45) is 5.73 Å². The first-order valence-electron chi connectivity index (χ1n) is 7.61. The van der Waals surface area contributed by atoms with Crippen LogP contribution in [0.3, 0.4) is 0 Å². The molecule has 118 valence electrons. The fourth-order valence-electron chi connectivity index (χ4n) is 2.19. The number of hydrogen-bond donors (Lipinski definition) is 3. The normalized spacial score (nSPS) is 10.9. The molecular formula is C16H27N3O2. The second kappa shape index (κ2) is 10.3. The largest absolute Gasteiger partial charge is 0.396 e. The Morgan fingerprint density at radius 3 is 2.76 bits per heavy atom. The Labute approximate surface area is 127 Å². The highest BCUT2D eigenvalue weighted by Gasteiger charge is 2.06. The monoisotopic (exact) mass is 293 g/mol. The predicted octanol–water partition coefficient (Wildman–Crippen LogP) is 1.57. The van der Waals surface area contributed by atoms with Gasteiger partial charge < -0.3 is 21.1 Å². The molecule has 5 heteroatoms. The number of nitrogens with one attached hydrogen (secondary N) is 1.